The summed E-state index contributed by atoms with van der Waals surface area (Å²) in [6, 6.07) is 7.57. The first-order chi connectivity index (χ1) is 9.81. The molecule has 1 aromatic carbocycles. The van der Waals surface area contributed by atoms with Crippen LogP contribution in [-0.2, 0) is 0 Å². The van der Waals surface area contributed by atoms with E-state index in [1.807, 2.05) is 24.3 Å². The lowest BCUT2D eigenvalue weighted by atomic mass is 10.1. The third-order valence-corrected chi connectivity index (χ3v) is 3.45. The summed E-state index contributed by atoms with van der Waals surface area (Å²) >= 11 is 0. The Hall–Kier alpha value is -1.54. The fraction of sp³-hybridized carbons (Fsp3) is 0.500. The summed E-state index contributed by atoms with van der Waals surface area (Å²) in [5.74, 6) is 6.71. The van der Waals surface area contributed by atoms with Gasteiger partial charge in [0, 0.05) is 25.3 Å². The molecule has 0 bridgehead atoms. The molecule has 1 aliphatic heterocycles. The smallest absolute Gasteiger partial charge is 0.120 e. The van der Waals surface area contributed by atoms with Crippen molar-refractivity contribution in [1.29, 1.82) is 0 Å². The number of likely N-dealkylation sites (tertiary alicyclic amines) is 1. The summed E-state index contributed by atoms with van der Waals surface area (Å²) in [7, 11) is 0. The zero-order valence-corrected chi connectivity index (χ0v) is 11.6. The third-order valence-electron chi connectivity index (χ3n) is 3.45. The third kappa shape index (κ3) is 4.53. The molecule has 0 saturated carbocycles. The van der Waals surface area contributed by atoms with Crippen molar-refractivity contribution < 1.29 is 14.9 Å². The molecule has 1 aromatic rings. The second kappa shape index (κ2) is 7.91. The van der Waals surface area contributed by atoms with Gasteiger partial charge in [-0.25, -0.2) is 0 Å². The molecule has 4 heteroatoms. The van der Waals surface area contributed by atoms with Gasteiger partial charge in [0.15, 0.2) is 0 Å². The number of nitrogens with zero attached hydrogens (tertiary/aromatic N) is 1. The molecule has 0 spiro atoms. The summed E-state index contributed by atoms with van der Waals surface area (Å²) in [6.45, 7) is 3.66. The molecule has 2 rings (SSSR count). The minimum absolute atomic E-state index is 0.133. The zero-order chi connectivity index (χ0) is 14.2. The minimum atomic E-state index is -0.133. The lowest BCUT2D eigenvalue weighted by Crippen LogP contribution is -2.26. The van der Waals surface area contributed by atoms with Crippen molar-refractivity contribution in [3.63, 3.8) is 0 Å². The number of hydrogen-bond donors (Lipinski definition) is 2. The Morgan fingerprint density at radius 2 is 2.25 bits per heavy atom. The summed E-state index contributed by atoms with van der Waals surface area (Å²) in [5, 5.41) is 17.8. The molecule has 108 valence electrons. The average molecular weight is 275 g/mol. The Morgan fingerprint density at radius 3 is 3.00 bits per heavy atom. The summed E-state index contributed by atoms with van der Waals surface area (Å²) in [6.07, 6.45) is 1.07. The maximum Gasteiger partial charge on any atom is 0.120 e. The second-order valence-corrected chi connectivity index (χ2v) is 4.97. The van der Waals surface area contributed by atoms with E-state index in [1.54, 1.807) is 0 Å². The first-order valence-corrected chi connectivity index (χ1v) is 6.97. The minimum Gasteiger partial charge on any atom is -0.492 e. The van der Waals surface area contributed by atoms with E-state index in [9.17, 15) is 0 Å². The van der Waals surface area contributed by atoms with E-state index in [1.165, 1.54) is 0 Å². The van der Waals surface area contributed by atoms with Crippen molar-refractivity contribution in [3.05, 3.63) is 29.8 Å². The van der Waals surface area contributed by atoms with Crippen LogP contribution in [0, 0.1) is 17.8 Å². The Labute approximate surface area is 120 Å². The summed E-state index contributed by atoms with van der Waals surface area (Å²) < 4.78 is 5.72. The van der Waals surface area contributed by atoms with Gasteiger partial charge in [-0.2, -0.15) is 0 Å². The van der Waals surface area contributed by atoms with Crippen LogP contribution < -0.4 is 4.74 Å². The van der Waals surface area contributed by atoms with Crippen molar-refractivity contribution in [1.82, 2.24) is 4.90 Å². The second-order valence-electron chi connectivity index (χ2n) is 4.97. The van der Waals surface area contributed by atoms with Gasteiger partial charge in [-0.3, -0.25) is 4.90 Å². The predicted octanol–water partition coefficient (Wildman–Crippen LogP) is 0.723. The van der Waals surface area contributed by atoms with Crippen LogP contribution in [0.3, 0.4) is 0 Å². The molecule has 2 N–H and O–H groups in total. The summed E-state index contributed by atoms with van der Waals surface area (Å²) in [4.78, 5) is 2.32. The van der Waals surface area contributed by atoms with Crippen molar-refractivity contribution in [2.45, 2.75) is 6.42 Å². The molecular weight excluding hydrogens is 254 g/mol. The van der Waals surface area contributed by atoms with E-state index in [2.05, 4.69) is 16.7 Å². The number of aliphatic hydroxyl groups excluding tert-OH is 2. The number of hydrogen-bond acceptors (Lipinski definition) is 4. The van der Waals surface area contributed by atoms with Gasteiger partial charge in [-0.1, -0.05) is 17.9 Å². The maximum atomic E-state index is 9.10. The van der Waals surface area contributed by atoms with Gasteiger partial charge in [0.2, 0.25) is 0 Å². The molecule has 0 aliphatic carbocycles. The first kappa shape index (κ1) is 14.9. The molecular formula is C16H21NO3. The largest absolute Gasteiger partial charge is 0.492 e. The molecule has 20 heavy (non-hydrogen) atoms. The van der Waals surface area contributed by atoms with Crippen molar-refractivity contribution >= 4 is 0 Å². The van der Waals surface area contributed by atoms with Gasteiger partial charge < -0.3 is 14.9 Å². The molecule has 1 aliphatic rings. The Morgan fingerprint density at radius 1 is 1.35 bits per heavy atom. The average Bonchev–Trinajstić information content (AvgIpc) is 2.93. The van der Waals surface area contributed by atoms with Crippen molar-refractivity contribution in [3.8, 4) is 17.6 Å². The Bertz CT molecular complexity index is 478. The number of aliphatic hydroxyl groups is 2. The molecule has 4 nitrogen and oxygen atoms in total. The fourth-order valence-corrected chi connectivity index (χ4v) is 2.36. The zero-order valence-electron chi connectivity index (χ0n) is 11.6. The van der Waals surface area contributed by atoms with Crippen LogP contribution in [0.1, 0.15) is 12.0 Å². The molecule has 1 heterocycles. The van der Waals surface area contributed by atoms with E-state index in [0.29, 0.717) is 12.5 Å². The standard InChI is InChI=1S/C16H21NO3/c18-9-2-4-14-3-1-5-16(11-14)20-10-8-17-7-6-15(12-17)13-19/h1,3,5,11,15,18-19H,6-10,12-13H2. The van der Waals surface area contributed by atoms with Crippen LogP contribution in [0.4, 0.5) is 0 Å². The molecule has 1 unspecified atom stereocenters. The highest BCUT2D eigenvalue weighted by molar-refractivity contribution is 5.39. The van der Waals surface area contributed by atoms with Gasteiger partial charge in [0.1, 0.15) is 19.0 Å². The van der Waals surface area contributed by atoms with E-state index >= 15 is 0 Å². The van der Waals surface area contributed by atoms with Gasteiger partial charge in [0.25, 0.3) is 0 Å². The normalized spacial score (nSPS) is 18.6. The number of benzene rings is 1. The number of rotatable bonds is 5. The highest BCUT2D eigenvalue weighted by Gasteiger charge is 2.20. The highest BCUT2D eigenvalue weighted by Crippen LogP contribution is 2.16. The summed E-state index contributed by atoms with van der Waals surface area (Å²) in [5.41, 5.74) is 0.845. The van der Waals surface area contributed by atoms with Crippen LogP contribution in [0.15, 0.2) is 24.3 Å². The predicted molar refractivity (Wildman–Crippen MR) is 77.5 cm³/mol. The van der Waals surface area contributed by atoms with E-state index in [-0.39, 0.29) is 13.2 Å². The molecule has 0 aromatic heterocycles. The number of ether oxygens (including phenoxy) is 1. The van der Waals surface area contributed by atoms with Gasteiger partial charge in [0.05, 0.1) is 0 Å². The Balaban J connectivity index is 1.77. The van der Waals surface area contributed by atoms with Crippen LogP contribution in [0.5, 0.6) is 5.75 Å². The van der Waals surface area contributed by atoms with E-state index in [0.717, 1.165) is 37.4 Å². The quantitative estimate of drug-likeness (QED) is 0.778. The van der Waals surface area contributed by atoms with Crippen LogP contribution in [0.2, 0.25) is 0 Å². The van der Waals surface area contributed by atoms with Crippen molar-refractivity contribution in [2.24, 2.45) is 5.92 Å². The molecule has 1 saturated heterocycles. The lowest BCUT2D eigenvalue weighted by Gasteiger charge is -2.15. The Kier molecular flexibility index (Phi) is 5.87. The lowest BCUT2D eigenvalue weighted by molar-refractivity contribution is 0.204. The van der Waals surface area contributed by atoms with E-state index in [4.69, 9.17) is 14.9 Å². The fourth-order valence-electron chi connectivity index (χ4n) is 2.36. The molecule has 0 amide bonds. The highest BCUT2D eigenvalue weighted by atomic mass is 16.5. The van der Waals surface area contributed by atoms with Crippen LogP contribution in [0.25, 0.3) is 0 Å². The van der Waals surface area contributed by atoms with Crippen LogP contribution in [-0.4, -0.2) is 54.6 Å². The monoisotopic (exact) mass is 275 g/mol. The van der Waals surface area contributed by atoms with Gasteiger partial charge in [-0.15, -0.1) is 0 Å². The molecule has 1 fully saturated rings. The van der Waals surface area contributed by atoms with Crippen molar-refractivity contribution in [2.75, 3.05) is 39.5 Å². The SMILES string of the molecule is OCC#Cc1cccc(OCCN2CCC(CO)C2)c1. The van der Waals surface area contributed by atoms with Gasteiger partial charge in [-0.05, 0) is 37.1 Å². The van der Waals surface area contributed by atoms with E-state index < -0.39 is 0 Å². The maximum absolute atomic E-state index is 9.10. The molecule has 0 radical (unpaired) electrons. The topological polar surface area (TPSA) is 52.9 Å². The van der Waals surface area contributed by atoms with Crippen LogP contribution >= 0.6 is 0 Å². The first-order valence-electron chi connectivity index (χ1n) is 6.97. The van der Waals surface area contributed by atoms with Gasteiger partial charge >= 0.3 is 0 Å². The molecule has 1 atom stereocenters.